The van der Waals surface area contributed by atoms with Crippen LogP contribution in [0.1, 0.15) is 32.1 Å². The number of allylic oxidation sites excluding steroid dienone is 7. The second-order valence-electron chi connectivity index (χ2n) is 6.11. The highest BCUT2D eigenvalue weighted by atomic mass is 32.2. The molecule has 1 N–H and O–H groups in total. The third kappa shape index (κ3) is 7.30. The van der Waals surface area contributed by atoms with Crippen LogP contribution >= 0.6 is 24.4 Å². The summed E-state index contributed by atoms with van der Waals surface area (Å²) in [6, 6.07) is 0. The Hall–Kier alpha value is -1.66. The third-order valence-electron chi connectivity index (χ3n) is 3.98. The fraction of sp³-hybridized carbons (Fsp3) is 0.400. The van der Waals surface area contributed by atoms with Gasteiger partial charge in [-0.15, -0.1) is 12.6 Å². The number of rotatable bonds is 9. The van der Waals surface area contributed by atoms with Gasteiger partial charge in [-0.25, -0.2) is 0 Å². The van der Waals surface area contributed by atoms with Gasteiger partial charge in [0.25, 0.3) is 0 Å². The number of carbonyl (C=O) groups is 2. The highest BCUT2D eigenvalue weighted by molar-refractivity contribution is 8.15. The van der Waals surface area contributed by atoms with Crippen LogP contribution in [0.4, 0.5) is 0 Å². The number of hydrogen-bond acceptors (Lipinski definition) is 5. The van der Waals surface area contributed by atoms with Crippen molar-refractivity contribution in [2.45, 2.75) is 32.1 Å². The second kappa shape index (κ2) is 11.1. The van der Waals surface area contributed by atoms with E-state index in [4.69, 9.17) is 9.84 Å². The molecular formula is C20H24O4S2. The lowest BCUT2D eigenvalue weighted by molar-refractivity contribution is -0.137. The molecule has 0 aromatic heterocycles. The molecule has 0 amide bonds. The van der Waals surface area contributed by atoms with E-state index >= 15 is 0 Å². The molecule has 4 nitrogen and oxygen atoms in total. The second-order valence-corrected chi connectivity index (χ2v) is 7.66. The third-order valence-corrected chi connectivity index (χ3v) is 5.43. The Morgan fingerprint density at radius 3 is 2.92 bits per heavy atom. The standard InChI is InChI=1S/C20H24O4S2/c21-19(22)11-6-12-26-20(23)18(25)13-16-9-4-5-10-17(16)24-14-15-7-2-1-3-8-15/h1-3,5,7,10,13,15,25H,4,6,8-9,11-12,14H2,(H,21,22)/b18-13-. The number of thioether (sulfide) groups is 1. The fourth-order valence-corrected chi connectivity index (χ4v) is 3.61. The van der Waals surface area contributed by atoms with Crippen LogP contribution in [0.25, 0.3) is 0 Å². The van der Waals surface area contributed by atoms with Gasteiger partial charge < -0.3 is 9.84 Å². The van der Waals surface area contributed by atoms with Crippen molar-refractivity contribution in [3.8, 4) is 0 Å². The molecule has 6 heteroatoms. The van der Waals surface area contributed by atoms with Crippen LogP contribution in [0.2, 0.25) is 0 Å². The maximum Gasteiger partial charge on any atom is 0.303 e. The lowest BCUT2D eigenvalue weighted by Crippen LogP contribution is -2.09. The highest BCUT2D eigenvalue weighted by Gasteiger charge is 2.14. The van der Waals surface area contributed by atoms with Gasteiger partial charge in [0.2, 0.25) is 5.12 Å². The van der Waals surface area contributed by atoms with Crippen LogP contribution < -0.4 is 0 Å². The van der Waals surface area contributed by atoms with Crippen LogP contribution in [0.5, 0.6) is 0 Å². The molecule has 0 heterocycles. The van der Waals surface area contributed by atoms with Crippen molar-refractivity contribution in [2.24, 2.45) is 5.92 Å². The lowest BCUT2D eigenvalue weighted by Gasteiger charge is -2.19. The Kier molecular flexibility index (Phi) is 8.85. The molecule has 0 radical (unpaired) electrons. The number of thiol groups is 1. The van der Waals surface area contributed by atoms with Crippen LogP contribution in [-0.2, 0) is 14.3 Å². The molecule has 0 aromatic rings. The summed E-state index contributed by atoms with van der Waals surface area (Å²) < 4.78 is 5.99. The highest BCUT2D eigenvalue weighted by Crippen LogP contribution is 2.26. The van der Waals surface area contributed by atoms with Crippen molar-refractivity contribution in [1.82, 2.24) is 0 Å². The summed E-state index contributed by atoms with van der Waals surface area (Å²) in [5, 5.41) is 8.48. The first-order valence-corrected chi connectivity index (χ1v) is 10.1. The van der Waals surface area contributed by atoms with Gasteiger partial charge in [-0.2, -0.15) is 0 Å². The van der Waals surface area contributed by atoms with E-state index in [1.54, 1.807) is 6.08 Å². The molecule has 26 heavy (non-hydrogen) atoms. The lowest BCUT2D eigenvalue weighted by atomic mass is 10.0. The van der Waals surface area contributed by atoms with Crippen molar-refractivity contribution in [2.75, 3.05) is 12.4 Å². The zero-order chi connectivity index (χ0) is 18.8. The van der Waals surface area contributed by atoms with E-state index < -0.39 is 5.97 Å². The normalized spacial score (nSPS) is 19.7. The van der Waals surface area contributed by atoms with Gasteiger partial charge >= 0.3 is 5.97 Å². The van der Waals surface area contributed by atoms with Crippen molar-refractivity contribution < 1.29 is 19.4 Å². The fourth-order valence-electron chi connectivity index (χ4n) is 2.58. The van der Waals surface area contributed by atoms with E-state index in [0.29, 0.717) is 29.6 Å². The van der Waals surface area contributed by atoms with Gasteiger partial charge in [0.1, 0.15) is 5.76 Å². The summed E-state index contributed by atoms with van der Waals surface area (Å²) >= 11 is 5.44. The van der Waals surface area contributed by atoms with Gasteiger partial charge in [-0.05, 0) is 43.4 Å². The topological polar surface area (TPSA) is 63.6 Å². The van der Waals surface area contributed by atoms with Gasteiger partial charge in [0, 0.05) is 18.1 Å². The number of hydrogen-bond donors (Lipinski definition) is 2. The van der Waals surface area contributed by atoms with E-state index in [9.17, 15) is 9.59 Å². The molecule has 140 valence electrons. The number of ether oxygens (including phenoxy) is 1. The molecule has 1 unspecified atom stereocenters. The summed E-state index contributed by atoms with van der Waals surface area (Å²) in [7, 11) is 0. The van der Waals surface area contributed by atoms with E-state index in [-0.39, 0.29) is 11.5 Å². The monoisotopic (exact) mass is 392 g/mol. The van der Waals surface area contributed by atoms with E-state index in [0.717, 1.165) is 42.4 Å². The van der Waals surface area contributed by atoms with Gasteiger partial charge in [-0.3, -0.25) is 9.59 Å². The van der Waals surface area contributed by atoms with Crippen LogP contribution in [0.15, 0.2) is 58.8 Å². The van der Waals surface area contributed by atoms with E-state index in [2.05, 4.69) is 30.9 Å². The van der Waals surface area contributed by atoms with Crippen LogP contribution in [0.3, 0.4) is 0 Å². The van der Waals surface area contributed by atoms with Crippen LogP contribution in [0, 0.1) is 5.92 Å². The Morgan fingerprint density at radius 1 is 1.35 bits per heavy atom. The molecule has 0 bridgehead atoms. The molecule has 0 saturated carbocycles. The smallest absolute Gasteiger partial charge is 0.303 e. The first-order valence-electron chi connectivity index (χ1n) is 8.71. The van der Waals surface area contributed by atoms with E-state index in [1.807, 2.05) is 18.2 Å². The largest absolute Gasteiger partial charge is 0.493 e. The average Bonchev–Trinajstić information content (AvgIpc) is 2.65. The minimum atomic E-state index is -0.844. The molecule has 2 aliphatic carbocycles. The first-order chi connectivity index (χ1) is 12.6. The van der Waals surface area contributed by atoms with Crippen molar-refractivity contribution >= 4 is 35.5 Å². The average molecular weight is 393 g/mol. The summed E-state index contributed by atoms with van der Waals surface area (Å²) in [6.07, 6.45) is 17.4. The Bertz CT molecular complexity index is 671. The molecular weight excluding hydrogens is 368 g/mol. The number of carboxylic acids is 1. The molecule has 2 aliphatic rings. The predicted octanol–water partition coefficient (Wildman–Crippen LogP) is 4.68. The zero-order valence-electron chi connectivity index (χ0n) is 14.6. The molecule has 0 aromatic carbocycles. The molecule has 0 fully saturated rings. The Balaban J connectivity index is 1.92. The summed E-state index contributed by atoms with van der Waals surface area (Å²) in [4.78, 5) is 23.0. The molecule has 2 rings (SSSR count). The predicted molar refractivity (Wildman–Crippen MR) is 109 cm³/mol. The summed E-state index contributed by atoms with van der Waals surface area (Å²) in [6.45, 7) is 0.609. The molecule has 1 atom stereocenters. The number of aliphatic carboxylic acids is 1. The minimum Gasteiger partial charge on any atom is -0.493 e. The maximum atomic E-state index is 12.1. The van der Waals surface area contributed by atoms with Crippen LogP contribution in [-0.4, -0.2) is 28.6 Å². The zero-order valence-corrected chi connectivity index (χ0v) is 16.3. The quantitative estimate of drug-likeness (QED) is 0.339. The molecule has 0 aliphatic heterocycles. The van der Waals surface area contributed by atoms with Gasteiger partial charge in [0.15, 0.2) is 0 Å². The summed E-state index contributed by atoms with van der Waals surface area (Å²) in [5.41, 5.74) is 0.979. The van der Waals surface area contributed by atoms with Crippen molar-refractivity contribution in [3.05, 3.63) is 58.8 Å². The number of carboxylic acid groups (broad SMARTS) is 1. The number of carbonyl (C=O) groups excluding carboxylic acids is 1. The van der Waals surface area contributed by atoms with Crippen molar-refractivity contribution in [1.29, 1.82) is 0 Å². The Morgan fingerprint density at radius 2 is 2.19 bits per heavy atom. The Labute approximate surface area is 164 Å². The van der Waals surface area contributed by atoms with Crippen molar-refractivity contribution in [3.63, 3.8) is 0 Å². The maximum absolute atomic E-state index is 12.1. The minimum absolute atomic E-state index is 0.0740. The van der Waals surface area contributed by atoms with E-state index in [1.165, 1.54) is 0 Å². The molecule has 0 spiro atoms. The van der Waals surface area contributed by atoms with Gasteiger partial charge in [-0.1, -0.05) is 42.1 Å². The van der Waals surface area contributed by atoms with Gasteiger partial charge in [0.05, 0.1) is 11.5 Å². The molecule has 0 saturated heterocycles. The SMILES string of the molecule is O=C(O)CCCSC(=O)/C(S)=C/C1=C(OCC2C=CC=CC2)C=CCC1. The first kappa shape index (κ1) is 20.6. The summed E-state index contributed by atoms with van der Waals surface area (Å²) in [5.74, 6) is 0.806.